The zero-order valence-corrected chi connectivity index (χ0v) is 25.7. The van der Waals surface area contributed by atoms with E-state index in [1.54, 1.807) is 32.1 Å². The predicted molar refractivity (Wildman–Crippen MR) is 159 cm³/mol. The number of hydrogen-bond acceptors (Lipinski definition) is 10. The van der Waals surface area contributed by atoms with Crippen LogP contribution in [0.25, 0.3) is 0 Å². The smallest absolute Gasteiger partial charge is 0.405 e. The van der Waals surface area contributed by atoms with Gasteiger partial charge in [0.15, 0.2) is 6.10 Å². The Bertz CT molecular complexity index is 1200. The molecule has 43 heavy (non-hydrogen) atoms. The van der Waals surface area contributed by atoms with E-state index >= 15 is 0 Å². The number of nitrogens with two attached hydrogens (primary N) is 1. The molecule has 6 atom stereocenters. The molecule has 6 N–H and O–H groups in total. The molecular weight excluding hydrogens is 558 g/mol. The normalized spacial score (nSPS) is 31.3. The summed E-state index contributed by atoms with van der Waals surface area (Å²) in [5.74, 6) is -2.25. The van der Waals surface area contributed by atoms with Gasteiger partial charge in [-0.1, -0.05) is 38.2 Å². The van der Waals surface area contributed by atoms with Crippen molar-refractivity contribution in [2.75, 3.05) is 27.4 Å². The molecule has 238 valence electrons. The molecule has 12 heteroatoms. The van der Waals surface area contributed by atoms with E-state index < -0.39 is 53.9 Å². The minimum absolute atomic E-state index is 0.0919. The SMILES string of the molecule is CO[C@H]1/C=C/C=C(/C)C(=O)NC2=CC(=O)C(NCCCO)=C(C[C@@H](C)C[C@H](OC)[C@H](O)[C@@H](C)/C=C(\C)[C@@H]1OC(N)=O)C2=O. The van der Waals surface area contributed by atoms with Crippen molar-refractivity contribution in [1.82, 2.24) is 10.6 Å². The van der Waals surface area contributed by atoms with Gasteiger partial charge in [-0.2, -0.15) is 0 Å². The average Bonchev–Trinajstić information content (AvgIpc) is 2.95. The van der Waals surface area contributed by atoms with Crippen LogP contribution in [-0.2, 0) is 28.6 Å². The first kappa shape index (κ1) is 35.6. The monoisotopic (exact) mass is 603 g/mol. The lowest BCUT2D eigenvalue weighted by Crippen LogP contribution is -2.38. The number of methoxy groups -OCH3 is 2. The van der Waals surface area contributed by atoms with Gasteiger partial charge in [0.1, 0.15) is 6.10 Å². The zero-order valence-electron chi connectivity index (χ0n) is 25.7. The van der Waals surface area contributed by atoms with E-state index in [1.807, 2.05) is 6.92 Å². The fraction of sp³-hybridized carbons (Fsp3) is 0.548. The van der Waals surface area contributed by atoms with Gasteiger partial charge >= 0.3 is 6.09 Å². The number of carbonyl (C=O) groups excluding carboxylic acids is 4. The van der Waals surface area contributed by atoms with Gasteiger partial charge in [0, 0.05) is 50.5 Å². The number of aliphatic hydroxyl groups is 2. The van der Waals surface area contributed by atoms with Crippen LogP contribution in [0.5, 0.6) is 0 Å². The third kappa shape index (κ3) is 9.99. The quantitative estimate of drug-likeness (QED) is 0.163. The van der Waals surface area contributed by atoms with Crippen LogP contribution in [0.2, 0.25) is 0 Å². The molecule has 2 rings (SSSR count). The van der Waals surface area contributed by atoms with Gasteiger partial charge in [-0.3, -0.25) is 14.4 Å². The first-order chi connectivity index (χ1) is 20.3. The summed E-state index contributed by atoms with van der Waals surface area (Å²) in [7, 11) is 2.90. The molecule has 2 amide bonds. The van der Waals surface area contributed by atoms with Crippen molar-refractivity contribution in [2.24, 2.45) is 17.6 Å². The number of ether oxygens (including phenoxy) is 3. The second kappa shape index (κ2) is 16.9. The largest absolute Gasteiger partial charge is 0.439 e. The van der Waals surface area contributed by atoms with E-state index in [0.29, 0.717) is 18.4 Å². The highest BCUT2D eigenvalue weighted by Crippen LogP contribution is 2.28. The number of Topliss-reactive ketones (excluding diaryl/α,β-unsaturated/α-hetero) is 1. The maximum Gasteiger partial charge on any atom is 0.405 e. The Morgan fingerprint density at radius 2 is 1.86 bits per heavy atom. The molecule has 2 aliphatic rings. The van der Waals surface area contributed by atoms with Crippen molar-refractivity contribution in [2.45, 2.75) is 71.4 Å². The summed E-state index contributed by atoms with van der Waals surface area (Å²) in [5.41, 5.74) is 6.32. The molecule has 1 heterocycles. The highest BCUT2D eigenvalue weighted by molar-refractivity contribution is 6.23. The summed E-state index contributed by atoms with van der Waals surface area (Å²) in [5, 5.41) is 26.0. The van der Waals surface area contributed by atoms with Crippen LogP contribution in [-0.4, -0.2) is 85.6 Å². The van der Waals surface area contributed by atoms with E-state index in [9.17, 15) is 29.4 Å². The van der Waals surface area contributed by atoms with Crippen molar-refractivity contribution < 1.29 is 43.6 Å². The lowest BCUT2D eigenvalue weighted by atomic mass is 9.85. The van der Waals surface area contributed by atoms with Crippen LogP contribution in [0.3, 0.4) is 0 Å². The fourth-order valence-corrected chi connectivity index (χ4v) is 5.07. The van der Waals surface area contributed by atoms with Gasteiger partial charge in [0.05, 0.1) is 23.6 Å². The maximum atomic E-state index is 13.6. The summed E-state index contributed by atoms with van der Waals surface area (Å²) in [4.78, 5) is 51.4. The second-order valence-electron chi connectivity index (χ2n) is 10.9. The van der Waals surface area contributed by atoms with E-state index in [1.165, 1.54) is 27.2 Å². The van der Waals surface area contributed by atoms with Crippen LogP contribution in [0.1, 0.15) is 47.0 Å². The van der Waals surface area contributed by atoms with Crippen LogP contribution < -0.4 is 16.4 Å². The molecule has 0 aromatic carbocycles. The van der Waals surface area contributed by atoms with Crippen LogP contribution in [0.4, 0.5) is 4.79 Å². The lowest BCUT2D eigenvalue weighted by Gasteiger charge is -2.30. The highest BCUT2D eigenvalue weighted by Gasteiger charge is 2.33. The second-order valence-corrected chi connectivity index (χ2v) is 10.9. The Labute approximate surface area is 252 Å². The summed E-state index contributed by atoms with van der Waals surface area (Å²) >= 11 is 0. The number of fused-ring (bicyclic) bond motifs is 2. The molecule has 2 bridgehead atoms. The minimum atomic E-state index is -1.01. The molecule has 12 nitrogen and oxygen atoms in total. The summed E-state index contributed by atoms with van der Waals surface area (Å²) in [6.07, 6.45) is 3.98. The van der Waals surface area contributed by atoms with Crippen LogP contribution >= 0.6 is 0 Å². The summed E-state index contributed by atoms with van der Waals surface area (Å²) < 4.78 is 16.6. The molecular formula is C31H45N3O9. The Balaban J connectivity index is 2.61. The number of primary amides is 1. The number of amides is 2. The molecule has 1 aliphatic heterocycles. The number of ketones is 2. The average molecular weight is 604 g/mol. The molecule has 0 aromatic rings. The third-order valence-electron chi connectivity index (χ3n) is 7.43. The Morgan fingerprint density at radius 1 is 1.16 bits per heavy atom. The van der Waals surface area contributed by atoms with Crippen molar-refractivity contribution in [3.63, 3.8) is 0 Å². The molecule has 0 saturated carbocycles. The Kier molecular flexibility index (Phi) is 14.0. The third-order valence-corrected chi connectivity index (χ3v) is 7.43. The highest BCUT2D eigenvalue weighted by atomic mass is 16.6. The first-order valence-corrected chi connectivity index (χ1v) is 14.3. The minimum Gasteiger partial charge on any atom is -0.439 e. The van der Waals surface area contributed by atoms with E-state index in [0.717, 1.165) is 6.08 Å². The van der Waals surface area contributed by atoms with Gasteiger partial charge in [0.25, 0.3) is 5.91 Å². The van der Waals surface area contributed by atoms with Crippen LogP contribution in [0.15, 0.2) is 58.5 Å². The molecule has 0 radical (unpaired) electrons. The molecule has 1 aliphatic carbocycles. The number of carbonyl (C=O) groups is 4. The predicted octanol–water partition coefficient (Wildman–Crippen LogP) is 1.73. The number of rotatable bonds is 7. The Morgan fingerprint density at radius 3 is 2.47 bits per heavy atom. The molecule has 0 fully saturated rings. The number of allylic oxidation sites excluding steroid dienone is 4. The molecule has 0 spiro atoms. The van der Waals surface area contributed by atoms with Gasteiger partial charge in [0.2, 0.25) is 11.6 Å². The lowest BCUT2D eigenvalue weighted by molar-refractivity contribution is -0.120. The van der Waals surface area contributed by atoms with Gasteiger partial charge in [-0.25, -0.2) is 4.79 Å². The number of hydrogen-bond donors (Lipinski definition) is 5. The van der Waals surface area contributed by atoms with Gasteiger partial charge < -0.3 is 40.8 Å². The standard InChI is InChI=1S/C31H45N3O9/c1-17-13-21-26(33-11-8-12-35)23(36)16-22(28(21)38)34-30(39)18(2)9-7-10-24(41-5)29(43-31(32)40)20(4)15-19(3)27(37)25(14-17)42-6/h7,9-10,15-17,19,24-25,27,29,33,35,37H,8,11-14H2,1-6H3,(H2,32,40)(H,34,39)/b10-7+,18-9-,20-15+/t17-,19+,24+,25+,27-,29+/m1/s1. The number of aliphatic hydroxyl groups excluding tert-OH is 2. The molecule has 0 unspecified atom stereocenters. The molecule has 0 saturated heterocycles. The van der Waals surface area contributed by atoms with Crippen molar-refractivity contribution >= 4 is 23.6 Å². The van der Waals surface area contributed by atoms with E-state index in [2.05, 4.69) is 10.6 Å². The summed E-state index contributed by atoms with van der Waals surface area (Å²) in [6, 6.07) is 0. The van der Waals surface area contributed by atoms with Crippen molar-refractivity contribution in [3.8, 4) is 0 Å². The van der Waals surface area contributed by atoms with E-state index in [4.69, 9.17) is 19.9 Å². The Hall–Kier alpha value is -3.58. The summed E-state index contributed by atoms with van der Waals surface area (Å²) in [6.45, 7) is 7.12. The van der Waals surface area contributed by atoms with Crippen LogP contribution in [0, 0.1) is 11.8 Å². The topological polar surface area (TPSA) is 187 Å². The first-order valence-electron chi connectivity index (χ1n) is 14.3. The zero-order chi connectivity index (χ0) is 32.3. The number of nitrogens with one attached hydrogen (secondary N) is 2. The maximum absolute atomic E-state index is 13.6. The fourth-order valence-electron chi connectivity index (χ4n) is 5.07. The van der Waals surface area contributed by atoms with Crippen molar-refractivity contribution in [3.05, 3.63) is 58.5 Å². The van der Waals surface area contributed by atoms with E-state index in [-0.39, 0.29) is 48.0 Å². The van der Waals surface area contributed by atoms with Gasteiger partial charge in [-0.15, -0.1) is 0 Å². The van der Waals surface area contributed by atoms with Gasteiger partial charge in [-0.05, 0) is 44.6 Å². The van der Waals surface area contributed by atoms with Crippen molar-refractivity contribution in [1.29, 1.82) is 0 Å². The molecule has 0 aromatic heterocycles.